The van der Waals surface area contributed by atoms with Crippen molar-refractivity contribution in [3.63, 3.8) is 0 Å². The Morgan fingerprint density at radius 2 is 1.89 bits per heavy atom. The summed E-state index contributed by atoms with van der Waals surface area (Å²) in [5.41, 5.74) is 4.76. The van der Waals surface area contributed by atoms with Gasteiger partial charge < -0.3 is 19.4 Å². The fraction of sp³-hybridized carbons (Fsp3) is 0.241. The van der Waals surface area contributed by atoms with Crippen LogP contribution in [0.1, 0.15) is 27.3 Å². The maximum Gasteiger partial charge on any atom is 0.251 e. The van der Waals surface area contributed by atoms with Crippen LogP contribution in [0.3, 0.4) is 0 Å². The lowest BCUT2D eigenvalue weighted by atomic mass is 10.1. The zero-order valence-electron chi connectivity index (χ0n) is 20.3. The molecule has 0 bridgehead atoms. The van der Waals surface area contributed by atoms with Crippen LogP contribution in [0, 0.1) is 6.92 Å². The molecule has 0 aliphatic heterocycles. The van der Waals surface area contributed by atoms with Gasteiger partial charge in [0.1, 0.15) is 12.4 Å². The molecule has 1 amide bonds. The molecular formula is C29H31N3O3. The van der Waals surface area contributed by atoms with E-state index >= 15 is 0 Å². The first-order valence-corrected chi connectivity index (χ1v) is 11.8. The average Bonchev–Trinajstić information content (AvgIpc) is 3.22. The number of nitrogens with zero attached hydrogens (tertiary/aromatic N) is 2. The molecular weight excluding hydrogens is 438 g/mol. The lowest BCUT2D eigenvalue weighted by molar-refractivity contribution is 0.0953. The third kappa shape index (κ3) is 5.72. The van der Waals surface area contributed by atoms with E-state index in [0.29, 0.717) is 43.2 Å². The Morgan fingerprint density at radius 1 is 1.09 bits per heavy atom. The summed E-state index contributed by atoms with van der Waals surface area (Å²) < 4.78 is 13.8. The molecule has 0 saturated heterocycles. The minimum Gasteiger partial charge on any atom is -0.493 e. The Hall–Kier alpha value is -4.06. The summed E-state index contributed by atoms with van der Waals surface area (Å²) in [5, 5.41) is 3.03. The summed E-state index contributed by atoms with van der Waals surface area (Å²) in [7, 11) is 1.65. The van der Waals surface area contributed by atoms with Crippen LogP contribution in [0.5, 0.6) is 11.5 Å². The highest BCUT2D eigenvalue weighted by molar-refractivity contribution is 5.95. The van der Waals surface area contributed by atoms with Gasteiger partial charge in [-0.05, 0) is 54.8 Å². The fourth-order valence-corrected chi connectivity index (χ4v) is 4.15. The van der Waals surface area contributed by atoms with Gasteiger partial charge >= 0.3 is 0 Å². The summed E-state index contributed by atoms with van der Waals surface area (Å²) in [6.45, 7) is 7.31. The van der Waals surface area contributed by atoms with Crippen molar-refractivity contribution in [1.29, 1.82) is 0 Å². The third-order valence-corrected chi connectivity index (χ3v) is 5.94. The number of fused-ring (bicyclic) bond motifs is 1. The van der Waals surface area contributed by atoms with Crippen molar-refractivity contribution in [2.24, 2.45) is 0 Å². The molecule has 6 nitrogen and oxygen atoms in total. The quantitative estimate of drug-likeness (QED) is 0.309. The van der Waals surface area contributed by atoms with Gasteiger partial charge in [-0.25, -0.2) is 4.98 Å². The van der Waals surface area contributed by atoms with Crippen molar-refractivity contribution < 1.29 is 14.3 Å². The lowest BCUT2D eigenvalue weighted by Gasteiger charge is -2.14. The molecule has 0 spiro atoms. The molecule has 0 radical (unpaired) electrons. The number of allylic oxidation sites excluding steroid dienone is 1. The van der Waals surface area contributed by atoms with Crippen LogP contribution in [0.15, 0.2) is 79.4 Å². The number of aryl methyl sites for hydroxylation is 1. The second kappa shape index (κ2) is 11.4. The van der Waals surface area contributed by atoms with Crippen LogP contribution in [0.2, 0.25) is 0 Å². The lowest BCUT2D eigenvalue weighted by Crippen LogP contribution is -2.27. The Bertz CT molecular complexity index is 1330. The van der Waals surface area contributed by atoms with Crippen LogP contribution in [-0.2, 0) is 19.4 Å². The van der Waals surface area contributed by atoms with Crippen molar-refractivity contribution >= 4 is 16.9 Å². The van der Waals surface area contributed by atoms with E-state index in [1.54, 1.807) is 7.11 Å². The molecule has 0 aliphatic carbocycles. The van der Waals surface area contributed by atoms with Crippen LogP contribution in [0.25, 0.3) is 11.0 Å². The number of hydrogen-bond donors (Lipinski definition) is 1. The topological polar surface area (TPSA) is 65.4 Å². The second-order valence-electron chi connectivity index (χ2n) is 8.32. The Morgan fingerprint density at radius 3 is 2.69 bits per heavy atom. The van der Waals surface area contributed by atoms with E-state index in [1.807, 2.05) is 73.7 Å². The SMILES string of the molecule is C=CCc1ccc(OCCn2c(CCNC(=O)c3ccccc3C)nc3ccccc32)c(OC)c1. The summed E-state index contributed by atoms with van der Waals surface area (Å²) in [6.07, 6.45) is 3.26. The first-order chi connectivity index (χ1) is 17.1. The molecule has 1 heterocycles. The highest BCUT2D eigenvalue weighted by atomic mass is 16.5. The molecule has 0 fully saturated rings. The van der Waals surface area contributed by atoms with Gasteiger partial charge in [-0.1, -0.05) is 42.5 Å². The number of nitrogens with one attached hydrogen (secondary N) is 1. The van der Waals surface area contributed by atoms with Crippen molar-refractivity contribution in [2.45, 2.75) is 26.3 Å². The third-order valence-electron chi connectivity index (χ3n) is 5.94. The number of rotatable bonds is 11. The van der Waals surface area contributed by atoms with Gasteiger partial charge in [0.2, 0.25) is 0 Å². The number of aromatic nitrogens is 2. The number of hydrogen-bond acceptors (Lipinski definition) is 4. The number of imidazole rings is 1. The minimum absolute atomic E-state index is 0.0684. The van der Waals surface area contributed by atoms with Gasteiger partial charge in [-0.2, -0.15) is 0 Å². The Balaban J connectivity index is 1.44. The molecule has 35 heavy (non-hydrogen) atoms. The highest BCUT2D eigenvalue weighted by Crippen LogP contribution is 2.28. The maximum absolute atomic E-state index is 12.6. The first kappa shape index (κ1) is 24.1. The van der Waals surface area contributed by atoms with Crippen LogP contribution < -0.4 is 14.8 Å². The van der Waals surface area contributed by atoms with E-state index in [9.17, 15) is 4.79 Å². The monoisotopic (exact) mass is 469 g/mol. The normalized spacial score (nSPS) is 10.8. The number of amides is 1. The number of para-hydroxylation sites is 2. The van der Waals surface area contributed by atoms with Crippen molar-refractivity contribution in [3.05, 3.63) is 102 Å². The zero-order chi connectivity index (χ0) is 24.6. The fourth-order valence-electron chi connectivity index (χ4n) is 4.15. The molecule has 180 valence electrons. The van der Waals surface area contributed by atoms with Crippen LogP contribution >= 0.6 is 0 Å². The van der Waals surface area contributed by atoms with E-state index in [4.69, 9.17) is 14.5 Å². The van der Waals surface area contributed by atoms with Gasteiger partial charge in [0, 0.05) is 18.5 Å². The van der Waals surface area contributed by atoms with Gasteiger partial charge in [0.15, 0.2) is 11.5 Å². The molecule has 1 N–H and O–H groups in total. The predicted octanol–water partition coefficient (Wildman–Crippen LogP) is 5.13. The molecule has 4 aromatic rings. The van der Waals surface area contributed by atoms with Gasteiger partial charge in [0.25, 0.3) is 5.91 Å². The first-order valence-electron chi connectivity index (χ1n) is 11.8. The van der Waals surface area contributed by atoms with Crippen LogP contribution in [-0.4, -0.2) is 35.7 Å². The number of carbonyl (C=O) groups excluding carboxylic acids is 1. The summed E-state index contributed by atoms with van der Waals surface area (Å²) in [5.74, 6) is 2.25. The van der Waals surface area contributed by atoms with E-state index in [1.165, 1.54) is 0 Å². The number of carbonyl (C=O) groups is 1. The van der Waals surface area contributed by atoms with E-state index in [0.717, 1.165) is 34.4 Å². The highest BCUT2D eigenvalue weighted by Gasteiger charge is 2.13. The summed E-state index contributed by atoms with van der Waals surface area (Å²) in [4.78, 5) is 17.4. The predicted molar refractivity (Wildman–Crippen MR) is 139 cm³/mol. The minimum atomic E-state index is -0.0684. The molecule has 6 heteroatoms. The number of methoxy groups -OCH3 is 1. The average molecular weight is 470 g/mol. The maximum atomic E-state index is 12.6. The van der Waals surface area contributed by atoms with Gasteiger partial charge in [-0.15, -0.1) is 6.58 Å². The molecule has 0 atom stereocenters. The summed E-state index contributed by atoms with van der Waals surface area (Å²) in [6, 6.07) is 21.6. The Labute approximate surface area is 206 Å². The van der Waals surface area contributed by atoms with E-state index < -0.39 is 0 Å². The number of ether oxygens (including phenoxy) is 2. The van der Waals surface area contributed by atoms with E-state index in [2.05, 4.69) is 22.5 Å². The zero-order valence-corrected chi connectivity index (χ0v) is 20.3. The van der Waals surface area contributed by atoms with Crippen LogP contribution in [0.4, 0.5) is 0 Å². The van der Waals surface area contributed by atoms with E-state index in [-0.39, 0.29) is 5.91 Å². The molecule has 0 unspecified atom stereocenters. The van der Waals surface area contributed by atoms with Crippen molar-refractivity contribution in [3.8, 4) is 11.5 Å². The summed E-state index contributed by atoms with van der Waals surface area (Å²) >= 11 is 0. The molecule has 0 saturated carbocycles. The largest absolute Gasteiger partial charge is 0.493 e. The van der Waals surface area contributed by atoms with Crippen molar-refractivity contribution in [2.75, 3.05) is 20.3 Å². The molecule has 4 rings (SSSR count). The molecule has 1 aromatic heterocycles. The standard InChI is InChI=1S/C29H31N3O3/c1-4-9-22-14-15-26(27(20-22)34-3)35-19-18-32-25-13-8-7-12-24(25)31-28(32)16-17-30-29(33)23-11-6-5-10-21(23)2/h4-8,10-15,20H,1,9,16-19H2,2-3H3,(H,30,33). The smallest absolute Gasteiger partial charge is 0.251 e. The number of benzene rings is 3. The van der Waals surface area contributed by atoms with Crippen molar-refractivity contribution in [1.82, 2.24) is 14.9 Å². The molecule has 0 aliphatic rings. The second-order valence-corrected chi connectivity index (χ2v) is 8.32. The van der Waals surface area contributed by atoms with Gasteiger partial charge in [-0.3, -0.25) is 4.79 Å². The Kier molecular flexibility index (Phi) is 7.83. The molecule has 3 aromatic carbocycles. The van der Waals surface area contributed by atoms with Gasteiger partial charge in [0.05, 0.1) is 24.7 Å².